The average Bonchev–Trinajstić information content (AvgIpc) is 2.27. The Bertz CT molecular complexity index is 373. The Labute approximate surface area is 104 Å². The second-order valence-electron chi connectivity index (χ2n) is 3.19. The van der Waals surface area contributed by atoms with Gasteiger partial charge < -0.3 is 11.1 Å². The molecule has 0 aliphatic rings. The molecule has 0 unspecified atom stereocenters. The molecule has 1 aromatic rings. The number of nitrogens with zero attached hydrogens (tertiary/aromatic N) is 1. The topological polar surface area (TPSA) is 68.0 Å². The van der Waals surface area contributed by atoms with E-state index in [1.165, 1.54) is 12.3 Å². The van der Waals surface area contributed by atoms with Gasteiger partial charge in [-0.25, -0.2) is 4.98 Å². The molecular weight excluding hydrogens is 246 g/mol. The van der Waals surface area contributed by atoms with E-state index >= 15 is 0 Å². The summed E-state index contributed by atoms with van der Waals surface area (Å²) in [6.07, 6.45) is 4.35. The number of rotatable bonds is 5. The van der Waals surface area contributed by atoms with Crippen molar-refractivity contribution in [3.63, 3.8) is 0 Å². The maximum absolute atomic E-state index is 11.7. The Morgan fingerprint density at radius 1 is 1.69 bits per heavy atom. The van der Waals surface area contributed by atoms with Gasteiger partial charge in [0.1, 0.15) is 5.82 Å². The number of thioether (sulfide) groups is 1. The number of pyridine rings is 1. The first-order chi connectivity index (χ1) is 7.65. The summed E-state index contributed by atoms with van der Waals surface area (Å²) in [6, 6.07) is 1.48. The SMILES string of the molecule is CSCCCNC(=O)c1cc(N)ncc1Cl. The molecule has 1 rings (SSSR count). The predicted molar refractivity (Wildman–Crippen MR) is 69.0 cm³/mol. The van der Waals surface area contributed by atoms with Crippen LogP contribution in [-0.2, 0) is 0 Å². The van der Waals surface area contributed by atoms with Gasteiger partial charge in [0, 0.05) is 12.7 Å². The molecule has 0 aromatic carbocycles. The summed E-state index contributed by atoms with van der Waals surface area (Å²) in [5.74, 6) is 1.10. The van der Waals surface area contributed by atoms with Crippen molar-refractivity contribution in [2.75, 3.05) is 24.3 Å². The van der Waals surface area contributed by atoms with E-state index in [2.05, 4.69) is 10.3 Å². The number of anilines is 1. The van der Waals surface area contributed by atoms with Crippen LogP contribution in [0.5, 0.6) is 0 Å². The molecule has 0 saturated heterocycles. The number of nitrogens with one attached hydrogen (secondary N) is 1. The quantitative estimate of drug-likeness (QED) is 0.792. The van der Waals surface area contributed by atoms with Crippen LogP contribution in [0.2, 0.25) is 5.02 Å². The van der Waals surface area contributed by atoms with Crippen molar-refractivity contribution < 1.29 is 4.79 Å². The molecular formula is C10H14ClN3OS. The highest BCUT2D eigenvalue weighted by atomic mass is 35.5. The molecule has 0 saturated carbocycles. The Kier molecular flexibility index (Phi) is 5.42. The summed E-state index contributed by atoms with van der Waals surface area (Å²) in [4.78, 5) is 15.5. The molecule has 0 atom stereocenters. The van der Waals surface area contributed by atoms with E-state index in [1.807, 2.05) is 6.26 Å². The summed E-state index contributed by atoms with van der Waals surface area (Å²) >= 11 is 7.60. The first-order valence-electron chi connectivity index (χ1n) is 4.83. The van der Waals surface area contributed by atoms with E-state index in [4.69, 9.17) is 17.3 Å². The van der Waals surface area contributed by atoms with Crippen LogP contribution in [-0.4, -0.2) is 29.4 Å². The summed E-state index contributed by atoms with van der Waals surface area (Å²) in [6.45, 7) is 0.637. The Hall–Kier alpha value is -0.940. The molecule has 16 heavy (non-hydrogen) atoms. The zero-order valence-electron chi connectivity index (χ0n) is 9.00. The Morgan fingerprint density at radius 2 is 2.44 bits per heavy atom. The first-order valence-corrected chi connectivity index (χ1v) is 6.60. The molecule has 3 N–H and O–H groups in total. The third-order valence-electron chi connectivity index (χ3n) is 1.93. The lowest BCUT2D eigenvalue weighted by molar-refractivity contribution is 0.0954. The third-order valence-corrected chi connectivity index (χ3v) is 2.93. The smallest absolute Gasteiger partial charge is 0.252 e. The summed E-state index contributed by atoms with van der Waals surface area (Å²) < 4.78 is 0. The predicted octanol–water partition coefficient (Wildman–Crippen LogP) is 1.80. The van der Waals surface area contributed by atoms with Crippen molar-refractivity contribution in [2.24, 2.45) is 0 Å². The highest BCUT2D eigenvalue weighted by Gasteiger charge is 2.10. The number of nitrogens with two attached hydrogens (primary N) is 1. The van der Waals surface area contributed by atoms with Gasteiger partial charge in [-0.05, 0) is 24.5 Å². The maximum Gasteiger partial charge on any atom is 0.252 e. The first kappa shape index (κ1) is 13.1. The number of halogens is 1. The van der Waals surface area contributed by atoms with Gasteiger partial charge >= 0.3 is 0 Å². The summed E-state index contributed by atoms with van der Waals surface area (Å²) in [5.41, 5.74) is 5.86. The lowest BCUT2D eigenvalue weighted by Gasteiger charge is -2.06. The molecule has 0 bridgehead atoms. The number of carbonyl (C=O) groups is 1. The fourth-order valence-electron chi connectivity index (χ4n) is 1.14. The standard InChI is InChI=1S/C10H14ClN3OS/c1-16-4-2-3-13-10(15)7-5-9(12)14-6-8(7)11/h5-6H,2-4H2,1H3,(H2,12,14)(H,13,15). The van der Waals surface area contributed by atoms with Crippen LogP contribution >= 0.6 is 23.4 Å². The number of amides is 1. The van der Waals surface area contributed by atoms with E-state index in [0.29, 0.717) is 22.9 Å². The minimum Gasteiger partial charge on any atom is -0.384 e. The number of aromatic nitrogens is 1. The van der Waals surface area contributed by atoms with E-state index < -0.39 is 0 Å². The molecule has 0 aliphatic carbocycles. The van der Waals surface area contributed by atoms with Crippen molar-refractivity contribution in [2.45, 2.75) is 6.42 Å². The minimum absolute atomic E-state index is 0.208. The second-order valence-corrected chi connectivity index (χ2v) is 4.58. The van der Waals surface area contributed by atoms with E-state index in [-0.39, 0.29) is 5.91 Å². The minimum atomic E-state index is -0.208. The van der Waals surface area contributed by atoms with E-state index in [1.54, 1.807) is 11.8 Å². The second kappa shape index (κ2) is 6.60. The van der Waals surface area contributed by atoms with Crippen LogP contribution in [0.1, 0.15) is 16.8 Å². The van der Waals surface area contributed by atoms with Gasteiger partial charge in [-0.3, -0.25) is 4.79 Å². The molecule has 0 radical (unpaired) electrons. The lowest BCUT2D eigenvalue weighted by Crippen LogP contribution is -2.25. The van der Waals surface area contributed by atoms with E-state index in [0.717, 1.165) is 12.2 Å². The van der Waals surface area contributed by atoms with Crippen LogP contribution in [0.25, 0.3) is 0 Å². The molecule has 0 spiro atoms. The van der Waals surface area contributed by atoms with Gasteiger partial charge in [0.2, 0.25) is 0 Å². The molecule has 1 heterocycles. The molecule has 4 nitrogen and oxygen atoms in total. The fourth-order valence-corrected chi connectivity index (χ4v) is 1.76. The molecule has 0 fully saturated rings. The van der Waals surface area contributed by atoms with Crippen LogP contribution in [0, 0.1) is 0 Å². The van der Waals surface area contributed by atoms with Crippen LogP contribution < -0.4 is 11.1 Å². The van der Waals surface area contributed by atoms with Gasteiger partial charge in [-0.15, -0.1) is 0 Å². The van der Waals surface area contributed by atoms with Crippen molar-refractivity contribution in [1.82, 2.24) is 10.3 Å². The molecule has 0 aliphatic heterocycles. The van der Waals surface area contributed by atoms with Crippen LogP contribution in [0.4, 0.5) is 5.82 Å². The number of hydrogen-bond acceptors (Lipinski definition) is 4. The highest BCUT2D eigenvalue weighted by Crippen LogP contribution is 2.16. The van der Waals surface area contributed by atoms with E-state index in [9.17, 15) is 4.79 Å². The zero-order valence-corrected chi connectivity index (χ0v) is 10.6. The number of hydrogen-bond donors (Lipinski definition) is 2. The van der Waals surface area contributed by atoms with Gasteiger partial charge in [-0.2, -0.15) is 11.8 Å². The van der Waals surface area contributed by atoms with Crippen LogP contribution in [0.15, 0.2) is 12.3 Å². The normalized spacial score (nSPS) is 10.1. The van der Waals surface area contributed by atoms with Crippen molar-refractivity contribution in [1.29, 1.82) is 0 Å². The summed E-state index contributed by atoms with van der Waals surface area (Å²) in [5, 5.41) is 3.10. The molecule has 88 valence electrons. The van der Waals surface area contributed by atoms with Gasteiger partial charge in [0.25, 0.3) is 5.91 Å². The van der Waals surface area contributed by atoms with Crippen molar-refractivity contribution >= 4 is 35.1 Å². The maximum atomic E-state index is 11.7. The van der Waals surface area contributed by atoms with Gasteiger partial charge in [0.05, 0.1) is 10.6 Å². The monoisotopic (exact) mass is 259 g/mol. The molecule has 1 amide bonds. The lowest BCUT2D eigenvalue weighted by atomic mass is 10.2. The number of carbonyl (C=O) groups excluding carboxylic acids is 1. The fraction of sp³-hybridized carbons (Fsp3) is 0.400. The third kappa shape index (κ3) is 3.90. The van der Waals surface area contributed by atoms with Gasteiger partial charge in [-0.1, -0.05) is 11.6 Å². The largest absolute Gasteiger partial charge is 0.384 e. The highest BCUT2D eigenvalue weighted by molar-refractivity contribution is 7.98. The van der Waals surface area contributed by atoms with Crippen LogP contribution in [0.3, 0.4) is 0 Å². The van der Waals surface area contributed by atoms with Crippen molar-refractivity contribution in [3.8, 4) is 0 Å². The summed E-state index contributed by atoms with van der Waals surface area (Å²) in [7, 11) is 0. The average molecular weight is 260 g/mol. The Balaban J connectivity index is 2.55. The Morgan fingerprint density at radius 3 is 3.12 bits per heavy atom. The zero-order chi connectivity index (χ0) is 12.0. The van der Waals surface area contributed by atoms with Gasteiger partial charge in [0.15, 0.2) is 0 Å². The number of nitrogen functional groups attached to an aromatic ring is 1. The molecule has 6 heteroatoms. The van der Waals surface area contributed by atoms with Crippen molar-refractivity contribution in [3.05, 3.63) is 22.8 Å². The molecule has 1 aromatic heterocycles.